The van der Waals surface area contributed by atoms with Crippen LogP contribution in [0.4, 0.5) is 0 Å². The Hall–Kier alpha value is -0.810. The lowest BCUT2D eigenvalue weighted by atomic mass is 9.99. The summed E-state index contributed by atoms with van der Waals surface area (Å²) in [6.45, 7) is 6.18. The molecule has 1 aromatic rings. The van der Waals surface area contributed by atoms with Crippen molar-refractivity contribution in [3.63, 3.8) is 0 Å². The molecule has 4 rings (SSSR count). The zero-order valence-corrected chi connectivity index (χ0v) is 16.3. The average Bonchev–Trinajstić information content (AvgIpc) is 3.10. The van der Waals surface area contributed by atoms with Crippen molar-refractivity contribution in [3.8, 4) is 0 Å². The summed E-state index contributed by atoms with van der Waals surface area (Å²) in [7, 11) is 0. The van der Waals surface area contributed by atoms with Crippen molar-refractivity contribution in [2.24, 2.45) is 0 Å². The van der Waals surface area contributed by atoms with Crippen molar-refractivity contribution in [3.05, 3.63) is 34.9 Å². The molecule has 140 valence electrons. The van der Waals surface area contributed by atoms with Gasteiger partial charge in [0.15, 0.2) is 0 Å². The van der Waals surface area contributed by atoms with Crippen LogP contribution in [0.3, 0.4) is 0 Å². The highest BCUT2D eigenvalue weighted by Crippen LogP contribution is 2.23. The van der Waals surface area contributed by atoms with E-state index in [0.717, 1.165) is 44.6 Å². The summed E-state index contributed by atoms with van der Waals surface area (Å²) in [6.07, 6.45) is 6.36. The Kier molecular flexibility index (Phi) is 7.56. The van der Waals surface area contributed by atoms with Gasteiger partial charge < -0.3 is 15.1 Å². The van der Waals surface area contributed by atoms with Gasteiger partial charge in [-0.2, -0.15) is 0 Å². The number of hydrogen-bond acceptors (Lipinski definition) is 3. The van der Waals surface area contributed by atoms with E-state index in [1.165, 1.54) is 43.5 Å². The number of piperidine rings is 2. The summed E-state index contributed by atoms with van der Waals surface area (Å²) in [6, 6.07) is 6.91. The van der Waals surface area contributed by atoms with Gasteiger partial charge in [-0.15, -0.1) is 24.8 Å². The minimum absolute atomic E-state index is 0. The molecule has 0 spiro atoms. The molecule has 3 heterocycles. The molecular weight excluding hydrogens is 357 g/mol. The minimum Gasteiger partial charge on any atom is -0.339 e. The van der Waals surface area contributed by atoms with Gasteiger partial charge in [0.2, 0.25) is 0 Å². The molecule has 3 aliphatic heterocycles. The van der Waals surface area contributed by atoms with E-state index in [2.05, 4.69) is 27.2 Å². The van der Waals surface area contributed by atoms with Gasteiger partial charge in [-0.25, -0.2) is 0 Å². The maximum atomic E-state index is 12.8. The van der Waals surface area contributed by atoms with Crippen LogP contribution in [0.15, 0.2) is 18.2 Å². The van der Waals surface area contributed by atoms with E-state index >= 15 is 0 Å². The first-order chi connectivity index (χ1) is 11.3. The summed E-state index contributed by atoms with van der Waals surface area (Å²) in [5.74, 6) is 0.219. The van der Waals surface area contributed by atoms with Crippen LogP contribution >= 0.6 is 24.8 Å². The third-order valence-electron chi connectivity index (χ3n) is 5.74. The number of benzene rings is 1. The van der Waals surface area contributed by atoms with Crippen LogP contribution < -0.4 is 5.32 Å². The van der Waals surface area contributed by atoms with Crippen LogP contribution in [0.5, 0.6) is 0 Å². The highest BCUT2D eigenvalue weighted by atomic mass is 35.5. The summed E-state index contributed by atoms with van der Waals surface area (Å²) in [5, 5.41) is 3.35. The van der Waals surface area contributed by atoms with E-state index in [0.29, 0.717) is 6.04 Å². The fourth-order valence-electron chi connectivity index (χ4n) is 4.33. The molecule has 0 radical (unpaired) electrons. The number of rotatable bonds is 2. The van der Waals surface area contributed by atoms with E-state index in [1.54, 1.807) is 0 Å². The van der Waals surface area contributed by atoms with E-state index < -0.39 is 0 Å². The second-order valence-electron chi connectivity index (χ2n) is 7.21. The lowest BCUT2D eigenvalue weighted by Crippen LogP contribution is -2.48. The number of amides is 1. The molecule has 0 unspecified atom stereocenters. The zero-order valence-electron chi connectivity index (χ0n) is 14.7. The number of hydrogen-bond donors (Lipinski definition) is 1. The number of nitrogens with zero attached hydrogens (tertiary/aromatic N) is 2. The molecule has 2 saturated heterocycles. The largest absolute Gasteiger partial charge is 0.339 e. The normalized spacial score (nSPS) is 21.2. The lowest BCUT2D eigenvalue weighted by Gasteiger charge is -2.40. The maximum Gasteiger partial charge on any atom is 0.253 e. The second kappa shape index (κ2) is 9.22. The molecule has 6 heteroatoms. The fourth-order valence-corrected chi connectivity index (χ4v) is 4.33. The summed E-state index contributed by atoms with van der Waals surface area (Å²) in [4.78, 5) is 17.5. The van der Waals surface area contributed by atoms with Gasteiger partial charge in [0, 0.05) is 37.8 Å². The van der Waals surface area contributed by atoms with E-state index in [9.17, 15) is 4.79 Å². The monoisotopic (exact) mass is 385 g/mol. The molecule has 1 N–H and O–H groups in total. The molecule has 4 nitrogen and oxygen atoms in total. The van der Waals surface area contributed by atoms with Crippen LogP contribution in [0, 0.1) is 0 Å². The Balaban J connectivity index is 0.00000113. The van der Waals surface area contributed by atoms with Gasteiger partial charge in [0.25, 0.3) is 5.91 Å². The van der Waals surface area contributed by atoms with Crippen molar-refractivity contribution in [1.29, 1.82) is 0 Å². The van der Waals surface area contributed by atoms with Crippen molar-refractivity contribution < 1.29 is 4.79 Å². The summed E-state index contributed by atoms with van der Waals surface area (Å²) < 4.78 is 0. The van der Waals surface area contributed by atoms with E-state index in [1.807, 2.05) is 6.07 Å². The van der Waals surface area contributed by atoms with Gasteiger partial charge in [-0.1, -0.05) is 12.5 Å². The van der Waals surface area contributed by atoms with Crippen LogP contribution in [-0.2, 0) is 13.1 Å². The SMILES string of the molecule is Cl.Cl.O=C(c1ccc2c(c1)CNC2)N1CCC(N2CCCCC2)CC1. The molecule has 1 amide bonds. The molecule has 0 bridgehead atoms. The predicted octanol–water partition coefficient (Wildman–Crippen LogP) is 3.22. The van der Waals surface area contributed by atoms with Crippen molar-refractivity contribution in [1.82, 2.24) is 15.1 Å². The fraction of sp³-hybridized carbons (Fsp3) is 0.632. The molecule has 0 saturated carbocycles. The van der Waals surface area contributed by atoms with Crippen LogP contribution in [-0.4, -0.2) is 47.9 Å². The van der Waals surface area contributed by atoms with Gasteiger partial charge in [-0.05, 0) is 62.0 Å². The van der Waals surface area contributed by atoms with E-state index in [4.69, 9.17) is 0 Å². The van der Waals surface area contributed by atoms with Crippen LogP contribution in [0.1, 0.15) is 53.6 Å². The number of fused-ring (bicyclic) bond motifs is 1. The van der Waals surface area contributed by atoms with Gasteiger partial charge in [-0.3, -0.25) is 4.79 Å². The Morgan fingerprint density at radius 3 is 2.32 bits per heavy atom. The quantitative estimate of drug-likeness (QED) is 0.848. The number of likely N-dealkylation sites (tertiary alicyclic amines) is 2. The van der Waals surface area contributed by atoms with Gasteiger partial charge in [0.1, 0.15) is 0 Å². The first-order valence-corrected chi connectivity index (χ1v) is 9.17. The Labute approximate surface area is 163 Å². The molecule has 0 aliphatic carbocycles. The Morgan fingerprint density at radius 2 is 1.60 bits per heavy atom. The molecule has 25 heavy (non-hydrogen) atoms. The van der Waals surface area contributed by atoms with Gasteiger partial charge >= 0.3 is 0 Å². The van der Waals surface area contributed by atoms with E-state index in [-0.39, 0.29) is 30.7 Å². The third-order valence-corrected chi connectivity index (χ3v) is 5.74. The third kappa shape index (κ3) is 4.48. The molecule has 2 fully saturated rings. The first-order valence-electron chi connectivity index (χ1n) is 9.17. The Bertz CT molecular complexity index is 582. The predicted molar refractivity (Wildman–Crippen MR) is 106 cm³/mol. The molecule has 1 aromatic carbocycles. The van der Waals surface area contributed by atoms with Crippen molar-refractivity contribution >= 4 is 30.7 Å². The number of nitrogens with one attached hydrogen (secondary N) is 1. The van der Waals surface area contributed by atoms with Crippen LogP contribution in [0.25, 0.3) is 0 Å². The van der Waals surface area contributed by atoms with Crippen LogP contribution in [0.2, 0.25) is 0 Å². The van der Waals surface area contributed by atoms with Crippen molar-refractivity contribution in [2.75, 3.05) is 26.2 Å². The van der Waals surface area contributed by atoms with Crippen molar-refractivity contribution in [2.45, 2.75) is 51.2 Å². The van der Waals surface area contributed by atoms with Gasteiger partial charge in [0.05, 0.1) is 0 Å². The maximum absolute atomic E-state index is 12.8. The molecular formula is C19H29Cl2N3O. The standard InChI is InChI=1S/C19H27N3O.2ClH/c23-19(15-4-5-16-13-20-14-17(16)12-15)22-10-6-18(7-11-22)21-8-2-1-3-9-21;;/h4-5,12,18,20H,1-3,6-11,13-14H2;2*1H. The smallest absolute Gasteiger partial charge is 0.253 e. The topological polar surface area (TPSA) is 35.6 Å². The summed E-state index contributed by atoms with van der Waals surface area (Å²) >= 11 is 0. The molecule has 0 atom stereocenters. The molecule has 0 aromatic heterocycles. The molecule has 3 aliphatic rings. The summed E-state index contributed by atoms with van der Waals surface area (Å²) in [5.41, 5.74) is 3.49. The highest BCUT2D eigenvalue weighted by molar-refractivity contribution is 5.94. The number of halogens is 2. The second-order valence-corrected chi connectivity index (χ2v) is 7.21. The Morgan fingerprint density at radius 1 is 0.920 bits per heavy atom. The minimum atomic E-state index is 0. The first kappa shape index (κ1) is 20.5. The average molecular weight is 386 g/mol. The zero-order chi connectivity index (χ0) is 15.6. The number of carbonyl (C=O) groups excluding carboxylic acids is 1. The lowest BCUT2D eigenvalue weighted by molar-refractivity contribution is 0.0590. The highest BCUT2D eigenvalue weighted by Gasteiger charge is 2.28. The number of carbonyl (C=O) groups is 1.